The van der Waals surface area contributed by atoms with Crippen LogP contribution in [-0.4, -0.2) is 18.8 Å². The van der Waals surface area contributed by atoms with E-state index >= 15 is 0 Å². The lowest BCUT2D eigenvalue weighted by atomic mass is 10.2. The van der Waals surface area contributed by atoms with E-state index in [0.717, 1.165) is 6.42 Å². The fourth-order valence-corrected chi connectivity index (χ4v) is 1.45. The molecule has 16 heavy (non-hydrogen) atoms. The van der Waals surface area contributed by atoms with Crippen molar-refractivity contribution in [3.63, 3.8) is 0 Å². The van der Waals surface area contributed by atoms with E-state index in [1.165, 1.54) is 5.56 Å². The third kappa shape index (κ3) is 5.29. The van der Waals surface area contributed by atoms with Gasteiger partial charge < -0.3 is 9.47 Å². The Morgan fingerprint density at radius 3 is 2.38 bits per heavy atom. The van der Waals surface area contributed by atoms with Crippen LogP contribution >= 0.6 is 0 Å². The van der Waals surface area contributed by atoms with Crippen LogP contribution in [0.25, 0.3) is 0 Å². The summed E-state index contributed by atoms with van der Waals surface area (Å²) in [5.74, 6) is 0. The van der Waals surface area contributed by atoms with Crippen molar-refractivity contribution >= 4 is 0 Å². The second-order valence-electron chi connectivity index (χ2n) is 4.17. The van der Waals surface area contributed by atoms with Crippen LogP contribution in [0.5, 0.6) is 0 Å². The van der Waals surface area contributed by atoms with Crippen molar-refractivity contribution in [1.29, 1.82) is 0 Å². The van der Waals surface area contributed by atoms with Gasteiger partial charge >= 0.3 is 0 Å². The number of hydrogen-bond donors (Lipinski definition) is 0. The highest BCUT2D eigenvalue weighted by Crippen LogP contribution is 2.05. The van der Waals surface area contributed by atoms with Crippen LogP contribution in [0.15, 0.2) is 30.3 Å². The summed E-state index contributed by atoms with van der Waals surface area (Å²) in [5.41, 5.74) is 1.21. The Balaban J connectivity index is 2.15. The first-order chi connectivity index (χ1) is 7.72. The molecule has 2 atom stereocenters. The van der Waals surface area contributed by atoms with Gasteiger partial charge in [-0.2, -0.15) is 0 Å². The first kappa shape index (κ1) is 13.2. The third-order valence-corrected chi connectivity index (χ3v) is 2.50. The molecular formula is C14H22O2. The maximum Gasteiger partial charge on any atom is 0.0784 e. The number of benzene rings is 1. The lowest BCUT2D eigenvalue weighted by molar-refractivity contribution is -0.0461. The molecule has 0 saturated carbocycles. The van der Waals surface area contributed by atoms with Crippen molar-refractivity contribution in [3.05, 3.63) is 35.9 Å². The Kier molecular flexibility index (Phi) is 6.12. The Morgan fingerprint density at radius 1 is 1.06 bits per heavy atom. The molecule has 0 aliphatic carbocycles. The van der Waals surface area contributed by atoms with Gasteiger partial charge in [-0.05, 0) is 25.8 Å². The van der Waals surface area contributed by atoms with Crippen molar-refractivity contribution in [2.75, 3.05) is 6.61 Å². The van der Waals surface area contributed by atoms with Gasteiger partial charge in [-0.1, -0.05) is 37.3 Å². The SMILES string of the molecule is CCC(C)O[C@H](C)COCc1ccccc1. The fourth-order valence-electron chi connectivity index (χ4n) is 1.45. The van der Waals surface area contributed by atoms with Gasteiger partial charge in [0.1, 0.15) is 0 Å². The van der Waals surface area contributed by atoms with Gasteiger partial charge in [-0.3, -0.25) is 0 Å². The molecule has 0 amide bonds. The zero-order chi connectivity index (χ0) is 11.8. The Labute approximate surface area is 98.6 Å². The third-order valence-electron chi connectivity index (χ3n) is 2.50. The summed E-state index contributed by atoms with van der Waals surface area (Å²) in [7, 11) is 0. The van der Waals surface area contributed by atoms with Gasteiger partial charge in [-0.25, -0.2) is 0 Å². The second-order valence-corrected chi connectivity index (χ2v) is 4.17. The molecule has 0 heterocycles. The highest BCUT2D eigenvalue weighted by Gasteiger charge is 2.06. The van der Waals surface area contributed by atoms with Crippen LogP contribution < -0.4 is 0 Å². The molecule has 0 aliphatic heterocycles. The van der Waals surface area contributed by atoms with E-state index < -0.39 is 0 Å². The summed E-state index contributed by atoms with van der Waals surface area (Å²) in [5, 5.41) is 0. The predicted octanol–water partition coefficient (Wildman–Crippen LogP) is 3.41. The van der Waals surface area contributed by atoms with Crippen molar-refractivity contribution < 1.29 is 9.47 Å². The smallest absolute Gasteiger partial charge is 0.0784 e. The summed E-state index contributed by atoms with van der Waals surface area (Å²) in [6.45, 7) is 7.58. The average molecular weight is 222 g/mol. The molecule has 0 spiro atoms. The van der Waals surface area contributed by atoms with Gasteiger partial charge in [0, 0.05) is 0 Å². The fraction of sp³-hybridized carbons (Fsp3) is 0.571. The summed E-state index contributed by atoms with van der Waals surface area (Å²) in [4.78, 5) is 0. The highest BCUT2D eigenvalue weighted by atomic mass is 16.5. The standard InChI is InChI=1S/C14H22O2/c1-4-12(2)16-13(3)10-15-11-14-8-6-5-7-9-14/h5-9,12-13H,4,10-11H2,1-3H3/t12?,13-/m1/s1. The van der Waals surface area contributed by atoms with Crippen LogP contribution in [0.2, 0.25) is 0 Å². The van der Waals surface area contributed by atoms with Gasteiger partial charge in [0.25, 0.3) is 0 Å². The average Bonchev–Trinajstić information content (AvgIpc) is 2.30. The Morgan fingerprint density at radius 2 is 1.75 bits per heavy atom. The molecule has 1 aromatic carbocycles. The summed E-state index contributed by atoms with van der Waals surface area (Å²) >= 11 is 0. The van der Waals surface area contributed by atoms with E-state index in [1.807, 2.05) is 18.2 Å². The lowest BCUT2D eigenvalue weighted by Gasteiger charge is -2.17. The predicted molar refractivity (Wildman–Crippen MR) is 66.4 cm³/mol. The molecule has 2 nitrogen and oxygen atoms in total. The molecule has 0 radical (unpaired) electrons. The van der Waals surface area contributed by atoms with Crippen LogP contribution in [0, 0.1) is 0 Å². The molecule has 0 bridgehead atoms. The lowest BCUT2D eigenvalue weighted by Crippen LogP contribution is -2.21. The van der Waals surface area contributed by atoms with Gasteiger partial charge in [0.05, 0.1) is 25.4 Å². The molecule has 0 saturated heterocycles. The summed E-state index contributed by atoms with van der Waals surface area (Å²) in [6, 6.07) is 10.2. The zero-order valence-electron chi connectivity index (χ0n) is 10.5. The normalized spacial score (nSPS) is 14.7. The molecule has 0 N–H and O–H groups in total. The first-order valence-corrected chi connectivity index (χ1v) is 5.99. The largest absolute Gasteiger partial charge is 0.374 e. The first-order valence-electron chi connectivity index (χ1n) is 5.99. The van der Waals surface area contributed by atoms with Crippen molar-refractivity contribution in [1.82, 2.24) is 0 Å². The molecule has 0 aliphatic rings. The van der Waals surface area contributed by atoms with Gasteiger partial charge in [-0.15, -0.1) is 0 Å². The van der Waals surface area contributed by atoms with E-state index in [9.17, 15) is 0 Å². The van der Waals surface area contributed by atoms with Crippen LogP contribution in [0.4, 0.5) is 0 Å². The maximum atomic E-state index is 5.71. The zero-order valence-corrected chi connectivity index (χ0v) is 10.5. The Bertz CT molecular complexity index is 271. The molecule has 1 aromatic rings. The molecule has 1 rings (SSSR count). The molecular weight excluding hydrogens is 200 g/mol. The van der Waals surface area contributed by atoms with E-state index in [0.29, 0.717) is 19.3 Å². The monoisotopic (exact) mass is 222 g/mol. The van der Waals surface area contributed by atoms with E-state index in [1.54, 1.807) is 0 Å². The quantitative estimate of drug-likeness (QED) is 0.704. The minimum absolute atomic E-state index is 0.165. The number of ether oxygens (including phenoxy) is 2. The summed E-state index contributed by atoms with van der Waals surface area (Å²) in [6.07, 6.45) is 1.53. The van der Waals surface area contributed by atoms with E-state index in [2.05, 4.69) is 32.9 Å². The number of rotatable bonds is 7. The van der Waals surface area contributed by atoms with Crippen LogP contribution in [0.3, 0.4) is 0 Å². The number of hydrogen-bond acceptors (Lipinski definition) is 2. The van der Waals surface area contributed by atoms with Crippen LogP contribution in [0.1, 0.15) is 32.8 Å². The molecule has 1 unspecified atom stereocenters. The minimum Gasteiger partial charge on any atom is -0.374 e. The van der Waals surface area contributed by atoms with Crippen molar-refractivity contribution in [2.24, 2.45) is 0 Å². The molecule has 90 valence electrons. The molecule has 0 fully saturated rings. The summed E-state index contributed by atoms with van der Waals surface area (Å²) < 4.78 is 11.3. The van der Waals surface area contributed by atoms with Crippen LogP contribution in [-0.2, 0) is 16.1 Å². The minimum atomic E-state index is 0.165. The maximum absolute atomic E-state index is 5.71. The van der Waals surface area contributed by atoms with Crippen molar-refractivity contribution in [3.8, 4) is 0 Å². The highest BCUT2D eigenvalue weighted by molar-refractivity contribution is 5.13. The van der Waals surface area contributed by atoms with Gasteiger partial charge in [0.2, 0.25) is 0 Å². The molecule has 2 heteroatoms. The topological polar surface area (TPSA) is 18.5 Å². The second kappa shape index (κ2) is 7.42. The van der Waals surface area contributed by atoms with Crippen molar-refractivity contribution in [2.45, 2.75) is 46.0 Å². The van der Waals surface area contributed by atoms with E-state index in [-0.39, 0.29) is 6.10 Å². The Hall–Kier alpha value is -0.860. The van der Waals surface area contributed by atoms with Gasteiger partial charge in [0.15, 0.2) is 0 Å². The van der Waals surface area contributed by atoms with E-state index in [4.69, 9.17) is 9.47 Å². The molecule has 0 aromatic heterocycles.